The van der Waals surface area contributed by atoms with E-state index in [9.17, 15) is 0 Å². The molecule has 0 aliphatic heterocycles. The number of hydrogen-bond acceptors (Lipinski definition) is 3. The second-order valence-corrected chi connectivity index (χ2v) is 4.75. The van der Waals surface area contributed by atoms with Gasteiger partial charge in [0.15, 0.2) is 5.76 Å². The summed E-state index contributed by atoms with van der Waals surface area (Å²) in [6, 6.07) is 12.9. The minimum absolute atomic E-state index is 0.232. The monoisotopic (exact) mass is 252 g/mol. The number of nitrogens with two attached hydrogens (primary N) is 1. The van der Waals surface area contributed by atoms with Crippen molar-refractivity contribution in [3.63, 3.8) is 0 Å². The summed E-state index contributed by atoms with van der Waals surface area (Å²) in [7, 11) is 0. The van der Waals surface area contributed by atoms with Gasteiger partial charge in [-0.25, -0.2) is 0 Å². The number of nitrogens with zero attached hydrogens (tertiary/aromatic N) is 1. The molecular formula is C16H16N2O. The zero-order valence-corrected chi connectivity index (χ0v) is 11.1. The van der Waals surface area contributed by atoms with Crippen molar-refractivity contribution in [2.24, 2.45) is 0 Å². The highest BCUT2D eigenvalue weighted by atomic mass is 16.4. The van der Waals surface area contributed by atoms with Gasteiger partial charge in [-0.15, -0.1) is 0 Å². The van der Waals surface area contributed by atoms with Crippen LogP contribution < -0.4 is 5.73 Å². The highest BCUT2D eigenvalue weighted by Gasteiger charge is 2.12. The average molecular weight is 252 g/mol. The molecule has 0 aliphatic rings. The smallest absolute Gasteiger partial charge is 0.292 e. The van der Waals surface area contributed by atoms with Crippen LogP contribution in [-0.2, 0) is 6.42 Å². The van der Waals surface area contributed by atoms with Crippen molar-refractivity contribution in [2.45, 2.75) is 20.3 Å². The lowest BCUT2D eigenvalue weighted by Crippen LogP contribution is -1.86. The van der Waals surface area contributed by atoms with Gasteiger partial charge in [-0.3, -0.25) is 0 Å². The molecule has 96 valence electrons. The van der Waals surface area contributed by atoms with E-state index in [1.54, 1.807) is 0 Å². The van der Waals surface area contributed by atoms with E-state index >= 15 is 0 Å². The number of benzene rings is 2. The Bertz CT molecular complexity index is 744. The molecule has 3 aromatic rings. The number of fused-ring (bicyclic) bond motifs is 1. The Balaban J connectivity index is 2.17. The number of anilines is 1. The normalized spacial score (nSPS) is 11.1. The molecule has 0 unspecified atom stereocenters. The third kappa shape index (κ3) is 2.08. The molecule has 2 aromatic carbocycles. The molecule has 3 nitrogen and oxygen atoms in total. The van der Waals surface area contributed by atoms with Gasteiger partial charge in [0, 0.05) is 5.56 Å². The van der Waals surface area contributed by atoms with Gasteiger partial charge >= 0.3 is 0 Å². The predicted molar refractivity (Wildman–Crippen MR) is 78.0 cm³/mol. The zero-order valence-electron chi connectivity index (χ0n) is 11.1. The minimum Gasteiger partial charge on any atom is -0.423 e. The quantitative estimate of drug-likeness (QED) is 0.751. The van der Waals surface area contributed by atoms with Crippen molar-refractivity contribution in [2.75, 3.05) is 5.73 Å². The number of nitrogen functional groups attached to an aromatic ring is 1. The van der Waals surface area contributed by atoms with Crippen LogP contribution in [0.25, 0.3) is 22.1 Å². The molecule has 0 bridgehead atoms. The molecule has 0 radical (unpaired) electrons. The summed E-state index contributed by atoms with van der Waals surface area (Å²) in [5.41, 5.74) is 8.84. The molecule has 2 N–H and O–H groups in total. The van der Waals surface area contributed by atoms with Crippen LogP contribution in [0.3, 0.4) is 0 Å². The van der Waals surface area contributed by atoms with Gasteiger partial charge < -0.3 is 10.2 Å². The Labute approximate surface area is 112 Å². The molecule has 1 aromatic heterocycles. The maximum absolute atomic E-state index is 5.65. The first-order valence-corrected chi connectivity index (χ1v) is 6.43. The summed E-state index contributed by atoms with van der Waals surface area (Å²) in [4.78, 5) is 4.21. The third-order valence-corrected chi connectivity index (χ3v) is 3.31. The van der Waals surface area contributed by atoms with Crippen LogP contribution in [-0.4, -0.2) is 4.98 Å². The third-order valence-electron chi connectivity index (χ3n) is 3.31. The molecule has 0 spiro atoms. The van der Waals surface area contributed by atoms with Gasteiger partial charge in [-0.2, -0.15) is 4.98 Å². The Hall–Kier alpha value is -2.29. The van der Waals surface area contributed by atoms with Crippen molar-refractivity contribution < 1.29 is 4.42 Å². The van der Waals surface area contributed by atoms with Gasteiger partial charge in [0.05, 0.1) is 5.69 Å². The molecule has 0 atom stereocenters. The standard InChI is InChI=1S/C16H16N2O/c1-3-14-15(19-16(17)18-14)13-7-6-11-8-10(2)4-5-12(11)9-13/h4-9H,3H2,1-2H3,(H2,17,18). The first-order valence-electron chi connectivity index (χ1n) is 6.43. The van der Waals surface area contributed by atoms with Gasteiger partial charge in [0.1, 0.15) is 0 Å². The molecule has 3 rings (SSSR count). The van der Waals surface area contributed by atoms with E-state index in [-0.39, 0.29) is 6.01 Å². The topological polar surface area (TPSA) is 52.0 Å². The lowest BCUT2D eigenvalue weighted by atomic mass is 10.0. The van der Waals surface area contributed by atoms with Crippen LogP contribution in [0, 0.1) is 6.92 Å². The molecule has 19 heavy (non-hydrogen) atoms. The van der Waals surface area contributed by atoms with Gasteiger partial charge in [-0.05, 0) is 30.2 Å². The first kappa shape index (κ1) is 11.8. The van der Waals surface area contributed by atoms with E-state index in [0.717, 1.165) is 23.4 Å². The van der Waals surface area contributed by atoms with Crippen molar-refractivity contribution >= 4 is 16.8 Å². The molecule has 0 saturated carbocycles. The maximum Gasteiger partial charge on any atom is 0.292 e. The van der Waals surface area contributed by atoms with Crippen molar-refractivity contribution in [3.8, 4) is 11.3 Å². The molecule has 0 aliphatic carbocycles. The van der Waals surface area contributed by atoms with Crippen LogP contribution in [0.1, 0.15) is 18.2 Å². The Morgan fingerprint density at radius 1 is 1.11 bits per heavy atom. The summed E-state index contributed by atoms with van der Waals surface area (Å²) in [5, 5.41) is 2.43. The molecule has 0 saturated heterocycles. The van der Waals surface area contributed by atoms with Crippen LogP contribution >= 0.6 is 0 Å². The summed E-state index contributed by atoms with van der Waals surface area (Å²) in [5.74, 6) is 0.780. The number of aromatic nitrogens is 1. The molecule has 3 heteroatoms. The average Bonchev–Trinajstić information content (AvgIpc) is 2.79. The number of hydrogen-bond donors (Lipinski definition) is 1. The second kappa shape index (κ2) is 4.43. The first-order chi connectivity index (χ1) is 9.17. The van der Waals surface area contributed by atoms with E-state index in [1.807, 2.05) is 6.92 Å². The fraction of sp³-hybridized carbons (Fsp3) is 0.188. The lowest BCUT2D eigenvalue weighted by Gasteiger charge is -2.03. The summed E-state index contributed by atoms with van der Waals surface area (Å²) in [6.07, 6.45) is 0.808. The highest BCUT2D eigenvalue weighted by Crippen LogP contribution is 2.29. The van der Waals surface area contributed by atoms with E-state index < -0.39 is 0 Å². The SMILES string of the molecule is CCc1nc(N)oc1-c1ccc2cc(C)ccc2c1. The fourth-order valence-electron chi connectivity index (χ4n) is 2.34. The largest absolute Gasteiger partial charge is 0.423 e. The van der Waals surface area contributed by atoms with Gasteiger partial charge in [0.25, 0.3) is 6.01 Å². The molecule has 0 fully saturated rings. The van der Waals surface area contributed by atoms with Gasteiger partial charge in [-0.1, -0.05) is 42.8 Å². The Morgan fingerprint density at radius 2 is 1.84 bits per heavy atom. The Kier molecular flexibility index (Phi) is 2.75. The maximum atomic E-state index is 5.65. The Morgan fingerprint density at radius 3 is 2.63 bits per heavy atom. The van der Waals surface area contributed by atoms with Crippen molar-refractivity contribution in [3.05, 3.63) is 47.7 Å². The second-order valence-electron chi connectivity index (χ2n) is 4.75. The van der Waals surface area contributed by atoms with Gasteiger partial charge in [0.2, 0.25) is 0 Å². The number of rotatable bonds is 2. The van der Waals surface area contributed by atoms with Crippen LogP contribution in [0.2, 0.25) is 0 Å². The van der Waals surface area contributed by atoms with E-state index in [4.69, 9.17) is 10.2 Å². The predicted octanol–water partition coefficient (Wildman–Crippen LogP) is 3.95. The number of aryl methyl sites for hydroxylation is 2. The molecular weight excluding hydrogens is 236 g/mol. The molecule has 1 heterocycles. The highest BCUT2D eigenvalue weighted by molar-refractivity contribution is 5.87. The summed E-state index contributed by atoms with van der Waals surface area (Å²) in [6.45, 7) is 4.14. The van der Waals surface area contributed by atoms with Crippen LogP contribution in [0.4, 0.5) is 6.01 Å². The fourth-order valence-corrected chi connectivity index (χ4v) is 2.34. The summed E-state index contributed by atoms with van der Waals surface area (Å²) < 4.78 is 5.53. The van der Waals surface area contributed by atoms with E-state index in [0.29, 0.717) is 0 Å². The number of oxazole rings is 1. The van der Waals surface area contributed by atoms with Crippen LogP contribution in [0.5, 0.6) is 0 Å². The van der Waals surface area contributed by atoms with Crippen molar-refractivity contribution in [1.82, 2.24) is 4.98 Å². The molecule has 0 amide bonds. The minimum atomic E-state index is 0.232. The van der Waals surface area contributed by atoms with E-state index in [1.165, 1.54) is 16.3 Å². The lowest BCUT2D eigenvalue weighted by molar-refractivity contribution is 0.593. The van der Waals surface area contributed by atoms with Crippen molar-refractivity contribution in [1.29, 1.82) is 0 Å². The van der Waals surface area contributed by atoms with E-state index in [2.05, 4.69) is 48.3 Å². The summed E-state index contributed by atoms with van der Waals surface area (Å²) >= 11 is 0. The van der Waals surface area contributed by atoms with Crippen LogP contribution in [0.15, 0.2) is 40.8 Å². The zero-order chi connectivity index (χ0) is 13.4.